The maximum absolute atomic E-state index is 12.0. The third kappa shape index (κ3) is 3.58. The summed E-state index contributed by atoms with van der Waals surface area (Å²) in [5.41, 5.74) is 0. The second kappa shape index (κ2) is 5.88. The topological polar surface area (TPSA) is 83.5 Å². The first-order chi connectivity index (χ1) is 8.27. The lowest BCUT2D eigenvalue weighted by atomic mass is 10.2. The normalized spacial score (nSPS) is 13.3. The Labute approximate surface area is 115 Å². The summed E-state index contributed by atoms with van der Waals surface area (Å²) < 4.78 is 26.0. The zero-order chi connectivity index (χ0) is 13.9. The molecular weight excluding hydrogens is 301 g/mol. The third-order valence-corrected chi connectivity index (χ3v) is 4.37. The number of carbonyl (C=O) groups is 1. The van der Waals surface area contributed by atoms with Crippen molar-refractivity contribution >= 4 is 39.2 Å². The van der Waals surface area contributed by atoms with Crippen LogP contribution in [0.15, 0.2) is 23.1 Å². The average Bonchev–Trinajstić information content (AvgIpc) is 2.28. The molecule has 0 aliphatic heterocycles. The van der Waals surface area contributed by atoms with Gasteiger partial charge in [-0.2, -0.15) is 4.72 Å². The van der Waals surface area contributed by atoms with Crippen LogP contribution in [0.3, 0.4) is 0 Å². The molecule has 0 aliphatic carbocycles. The molecule has 0 bridgehead atoms. The molecule has 0 radical (unpaired) electrons. The van der Waals surface area contributed by atoms with Crippen LogP contribution in [0.4, 0.5) is 0 Å². The predicted molar refractivity (Wildman–Crippen MR) is 68.5 cm³/mol. The van der Waals surface area contributed by atoms with Gasteiger partial charge in [0, 0.05) is 5.02 Å². The lowest BCUT2D eigenvalue weighted by molar-refractivity contribution is -0.139. The maximum atomic E-state index is 12.0. The fraction of sp³-hybridized carbons (Fsp3) is 0.300. The highest BCUT2D eigenvalue weighted by Crippen LogP contribution is 2.25. The molecule has 2 N–H and O–H groups in total. The molecule has 1 rings (SSSR count). The minimum Gasteiger partial charge on any atom is -0.480 e. The van der Waals surface area contributed by atoms with Crippen LogP contribution in [0.2, 0.25) is 10.0 Å². The number of carboxylic acids is 1. The summed E-state index contributed by atoms with van der Waals surface area (Å²) in [5.74, 6) is -1.25. The molecule has 0 unspecified atom stereocenters. The fourth-order valence-electron chi connectivity index (χ4n) is 1.24. The van der Waals surface area contributed by atoms with E-state index >= 15 is 0 Å². The molecule has 18 heavy (non-hydrogen) atoms. The molecule has 0 saturated carbocycles. The van der Waals surface area contributed by atoms with Crippen LogP contribution in [-0.4, -0.2) is 25.5 Å². The van der Waals surface area contributed by atoms with E-state index in [0.29, 0.717) is 0 Å². The lowest BCUT2D eigenvalue weighted by Crippen LogP contribution is -2.40. The number of benzene rings is 1. The first kappa shape index (κ1) is 15.2. The minimum atomic E-state index is -4.02. The maximum Gasteiger partial charge on any atom is 0.321 e. The van der Waals surface area contributed by atoms with Crippen LogP contribution < -0.4 is 4.72 Å². The Morgan fingerprint density at radius 2 is 2.06 bits per heavy atom. The number of carboxylic acid groups (broad SMARTS) is 1. The van der Waals surface area contributed by atoms with Crippen molar-refractivity contribution in [3.63, 3.8) is 0 Å². The van der Waals surface area contributed by atoms with E-state index in [0.717, 1.165) is 0 Å². The Kier molecular flexibility index (Phi) is 4.98. The van der Waals surface area contributed by atoms with E-state index in [4.69, 9.17) is 28.3 Å². The van der Waals surface area contributed by atoms with Gasteiger partial charge in [-0.25, -0.2) is 8.42 Å². The summed E-state index contributed by atoms with van der Waals surface area (Å²) >= 11 is 11.5. The fourth-order valence-corrected chi connectivity index (χ4v) is 3.28. The van der Waals surface area contributed by atoms with E-state index in [1.165, 1.54) is 18.2 Å². The summed E-state index contributed by atoms with van der Waals surface area (Å²) in [6.07, 6.45) is 0.118. The standard InChI is InChI=1S/C10H11Cl2NO4S/c1-2-8(10(14)15)13-18(16,17)9-5-6(11)3-4-7(9)12/h3-5,8,13H,2H2,1H3,(H,14,15)/t8-/m0/s1. The van der Waals surface area contributed by atoms with Crippen molar-refractivity contribution in [1.82, 2.24) is 4.72 Å². The molecule has 0 heterocycles. The van der Waals surface area contributed by atoms with Gasteiger partial charge in [0.25, 0.3) is 0 Å². The van der Waals surface area contributed by atoms with E-state index in [-0.39, 0.29) is 21.4 Å². The Bertz CT molecular complexity index is 559. The van der Waals surface area contributed by atoms with Gasteiger partial charge in [-0.15, -0.1) is 0 Å². The van der Waals surface area contributed by atoms with Gasteiger partial charge in [0.05, 0.1) is 5.02 Å². The Morgan fingerprint density at radius 1 is 1.44 bits per heavy atom. The molecule has 0 spiro atoms. The van der Waals surface area contributed by atoms with Gasteiger partial charge in [-0.1, -0.05) is 30.1 Å². The summed E-state index contributed by atoms with van der Waals surface area (Å²) in [4.78, 5) is 10.6. The van der Waals surface area contributed by atoms with E-state index in [9.17, 15) is 13.2 Å². The summed E-state index contributed by atoms with van der Waals surface area (Å²) in [7, 11) is -4.02. The Balaban J connectivity index is 3.14. The highest BCUT2D eigenvalue weighted by Gasteiger charge is 2.25. The first-order valence-electron chi connectivity index (χ1n) is 4.98. The van der Waals surface area contributed by atoms with Gasteiger partial charge in [0.15, 0.2) is 0 Å². The monoisotopic (exact) mass is 311 g/mol. The van der Waals surface area contributed by atoms with Gasteiger partial charge in [-0.05, 0) is 24.6 Å². The minimum absolute atomic E-state index is 0.0212. The van der Waals surface area contributed by atoms with Crippen LogP contribution in [-0.2, 0) is 14.8 Å². The molecule has 0 aliphatic rings. The van der Waals surface area contributed by atoms with Gasteiger partial charge in [0.2, 0.25) is 10.0 Å². The Morgan fingerprint density at radius 3 is 2.56 bits per heavy atom. The number of hydrogen-bond donors (Lipinski definition) is 2. The van der Waals surface area contributed by atoms with Crippen LogP contribution in [0.25, 0.3) is 0 Å². The molecule has 1 atom stereocenters. The number of sulfonamides is 1. The van der Waals surface area contributed by atoms with Crippen molar-refractivity contribution in [1.29, 1.82) is 0 Å². The van der Waals surface area contributed by atoms with Crippen LogP contribution in [0.1, 0.15) is 13.3 Å². The first-order valence-corrected chi connectivity index (χ1v) is 7.22. The largest absolute Gasteiger partial charge is 0.480 e. The molecule has 8 heteroatoms. The molecule has 0 fully saturated rings. The van der Waals surface area contributed by atoms with Gasteiger partial charge < -0.3 is 5.11 Å². The second-order valence-corrected chi connectivity index (χ2v) is 6.02. The zero-order valence-corrected chi connectivity index (χ0v) is 11.7. The molecule has 100 valence electrons. The molecule has 5 nitrogen and oxygen atoms in total. The number of rotatable bonds is 5. The Hall–Kier alpha value is -0.820. The summed E-state index contributed by atoms with van der Waals surface area (Å²) in [6, 6.07) is 2.74. The van der Waals surface area contributed by atoms with E-state index in [1.807, 2.05) is 0 Å². The van der Waals surface area contributed by atoms with Crippen molar-refractivity contribution in [2.75, 3.05) is 0 Å². The van der Waals surface area contributed by atoms with E-state index < -0.39 is 22.0 Å². The summed E-state index contributed by atoms with van der Waals surface area (Å²) in [6.45, 7) is 1.56. The van der Waals surface area contributed by atoms with Crippen LogP contribution in [0, 0.1) is 0 Å². The smallest absolute Gasteiger partial charge is 0.321 e. The van der Waals surface area contributed by atoms with E-state index in [2.05, 4.69) is 4.72 Å². The number of halogens is 2. The quantitative estimate of drug-likeness (QED) is 0.872. The highest BCUT2D eigenvalue weighted by molar-refractivity contribution is 7.89. The van der Waals surface area contributed by atoms with Crippen molar-refractivity contribution in [2.24, 2.45) is 0 Å². The van der Waals surface area contributed by atoms with Crippen molar-refractivity contribution < 1.29 is 18.3 Å². The highest BCUT2D eigenvalue weighted by atomic mass is 35.5. The molecule has 1 aromatic carbocycles. The van der Waals surface area contributed by atoms with Crippen LogP contribution >= 0.6 is 23.2 Å². The molecular formula is C10H11Cl2NO4S. The van der Waals surface area contributed by atoms with Gasteiger partial charge in [-0.3, -0.25) is 4.79 Å². The molecule has 1 aromatic rings. The number of aliphatic carboxylic acids is 1. The SMILES string of the molecule is CC[C@H](NS(=O)(=O)c1cc(Cl)ccc1Cl)C(=O)O. The third-order valence-electron chi connectivity index (χ3n) is 2.19. The predicted octanol–water partition coefficient (Wildman–Crippen LogP) is 2.13. The molecule has 0 aromatic heterocycles. The number of nitrogens with one attached hydrogen (secondary N) is 1. The van der Waals surface area contributed by atoms with Crippen molar-refractivity contribution in [3.8, 4) is 0 Å². The van der Waals surface area contributed by atoms with Crippen molar-refractivity contribution in [3.05, 3.63) is 28.2 Å². The lowest BCUT2D eigenvalue weighted by Gasteiger charge is -2.13. The second-order valence-electron chi connectivity index (χ2n) is 3.50. The molecule has 0 saturated heterocycles. The summed E-state index contributed by atoms with van der Waals surface area (Å²) in [5, 5.41) is 9.00. The molecule has 0 amide bonds. The van der Waals surface area contributed by atoms with Gasteiger partial charge in [0.1, 0.15) is 10.9 Å². The van der Waals surface area contributed by atoms with Crippen molar-refractivity contribution in [2.45, 2.75) is 24.3 Å². The van der Waals surface area contributed by atoms with Gasteiger partial charge >= 0.3 is 5.97 Å². The average molecular weight is 312 g/mol. The van der Waals surface area contributed by atoms with E-state index in [1.54, 1.807) is 6.92 Å². The van der Waals surface area contributed by atoms with Crippen LogP contribution in [0.5, 0.6) is 0 Å². The number of hydrogen-bond acceptors (Lipinski definition) is 3. The zero-order valence-electron chi connectivity index (χ0n) is 9.35.